The second-order valence-corrected chi connectivity index (χ2v) is 5.67. The number of amides is 1. The SMILES string of the molecule is CN(C(=O)c1ccc2c(c1)CCO2)C1CCCNCC1. The summed E-state index contributed by atoms with van der Waals surface area (Å²) in [5.41, 5.74) is 1.95. The lowest BCUT2D eigenvalue weighted by Gasteiger charge is -2.27. The summed E-state index contributed by atoms with van der Waals surface area (Å²) < 4.78 is 5.49. The molecule has 20 heavy (non-hydrogen) atoms. The Labute approximate surface area is 120 Å². The molecule has 3 rings (SSSR count). The van der Waals surface area contributed by atoms with Crippen LogP contribution in [-0.4, -0.2) is 43.6 Å². The van der Waals surface area contributed by atoms with Crippen LogP contribution in [0.2, 0.25) is 0 Å². The van der Waals surface area contributed by atoms with Gasteiger partial charge >= 0.3 is 0 Å². The van der Waals surface area contributed by atoms with Gasteiger partial charge in [0.2, 0.25) is 0 Å². The monoisotopic (exact) mass is 274 g/mol. The van der Waals surface area contributed by atoms with Gasteiger partial charge in [-0.15, -0.1) is 0 Å². The molecule has 1 fully saturated rings. The standard InChI is InChI=1S/C16H22N2O2/c1-18(14-3-2-8-17-9-6-14)16(19)13-4-5-15-12(11-13)7-10-20-15/h4-5,11,14,17H,2-3,6-10H2,1H3. The highest BCUT2D eigenvalue weighted by Gasteiger charge is 2.23. The van der Waals surface area contributed by atoms with Crippen LogP contribution in [0.5, 0.6) is 5.75 Å². The fourth-order valence-electron chi connectivity index (χ4n) is 3.08. The summed E-state index contributed by atoms with van der Waals surface area (Å²) in [7, 11) is 1.93. The first-order valence-corrected chi connectivity index (χ1v) is 7.49. The molecule has 4 nitrogen and oxygen atoms in total. The number of rotatable bonds is 2. The predicted molar refractivity (Wildman–Crippen MR) is 78.2 cm³/mol. The molecule has 108 valence electrons. The Morgan fingerprint density at radius 3 is 3.15 bits per heavy atom. The van der Waals surface area contributed by atoms with Crippen LogP contribution in [0.15, 0.2) is 18.2 Å². The van der Waals surface area contributed by atoms with Gasteiger partial charge in [-0.05, 0) is 56.1 Å². The van der Waals surface area contributed by atoms with E-state index in [1.807, 2.05) is 30.1 Å². The molecule has 1 saturated heterocycles. The van der Waals surface area contributed by atoms with Crippen LogP contribution in [0, 0.1) is 0 Å². The second-order valence-electron chi connectivity index (χ2n) is 5.67. The quantitative estimate of drug-likeness (QED) is 0.894. The minimum atomic E-state index is 0.131. The third-order valence-electron chi connectivity index (χ3n) is 4.35. The van der Waals surface area contributed by atoms with E-state index in [-0.39, 0.29) is 5.91 Å². The first-order chi connectivity index (χ1) is 9.75. The van der Waals surface area contributed by atoms with Crippen molar-refractivity contribution < 1.29 is 9.53 Å². The molecule has 4 heteroatoms. The molecule has 1 amide bonds. The molecule has 1 N–H and O–H groups in total. The van der Waals surface area contributed by atoms with Crippen molar-refractivity contribution in [3.63, 3.8) is 0 Å². The maximum Gasteiger partial charge on any atom is 0.253 e. The maximum absolute atomic E-state index is 12.6. The van der Waals surface area contributed by atoms with E-state index in [4.69, 9.17) is 4.74 Å². The minimum Gasteiger partial charge on any atom is -0.493 e. The molecule has 1 aromatic rings. The Morgan fingerprint density at radius 2 is 2.25 bits per heavy atom. The van der Waals surface area contributed by atoms with Gasteiger partial charge in [-0.3, -0.25) is 4.79 Å². The van der Waals surface area contributed by atoms with Crippen molar-refractivity contribution >= 4 is 5.91 Å². The molecule has 0 spiro atoms. The minimum absolute atomic E-state index is 0.131. The molecule has 0 aromatic heterocycles. The van der Waals surface area contributed by atoms with Gasteiger partial charge in [-0.2, -0.15) is 0 Å². The molecule has 2 aliphatic rings. The number of carbonyl (C=O) groups excluding carboxylic acids is 1. The molecule has 0 saturated carbocycles. The van der Waals surface area contributed by atoms with Crippen molar-refractivity contribution in [2.45, 2.75) is 31.7 Å². The lowest BCUT2D eigenvalue weighted by Crippen LogP contribution is -2.37. The van der Waals surface area contributed by atoms with E-state index in [0.29, 0.717) is 6.04 Å². The third-order valence-corrected chi connectivity index (χ3v) is 4.35. The van der Waals surface area contributed by atoms with Crippen LogP contribution >= 0.6 is 0 Å². The summed E-state index contributed by atoms with van der Waals surface area (Å²) in [5.74, 6) is 1.06. The van der Waals surface area contributed by atoms with Crippen molar-refractivity contribution in [1.29, 1.82) is 0 Å². The number of carbonyl (C=O) groups is 1. The van der Waals surface area contributed by atoms with Gasteiger partial charge in [0.15, 0.2) is 0 Å². The zero-order chi connectivity index (χ0) is 13.9. The van der Waals surface area contributed by atoms with Crippen LogP contribution in [0.3, 0.4) is 0 Å². The zero-order valence-corrected chi connectivity index (χ0v) is 12.0. The van der Waals surface area contributed by atoms with Gasteiger partial charge < -0.3 is 15.0 Å². The largest absolute Gasteiger partial charge is 0.493 e. The summed E-state index contributed by atoms with van der Waals surface area (Å²) in [6.07, 6.45) is 4.17. The van der Waals surface area contributed by atoms with Gasteiger partial charge in [-0.25, -0.2) is 0 Å². The van der Waals surface area contributed by atoms with E-state index in [2.05, 4.69) is 5.32 Å². The lowest BCUT2D eigenvalue weighted by atomic mass is 10.0. The normalized spacial score (nSPS) is 21.8. The Morgan fingerprint density at radius 1 is 1.35 bits per heavy atom. The summed E-state index contributed by atoms with van der Waals surface area (Å²) in [6.45, 7) is 2.80. The van der Waals surface area contributed by atoms with Crippen LogP contribution in [-0.2, 0) is 6.42 Å². The van der Waals surface area contributed by atoms with Gasteiger partial charge in [-0.1, -0.05) is 0 Å². The fraction of sp³-hybridized carbons (Fsp3) is 0.562. The van der Waals surface area contributed by atoms with Gasteiger partial charge in [0.25, 0.3) is 5.91 Å². The molecular weight excluding hydrogens is 252 g/mol. The zero-order valence-electron chi connectivity index (χ0n) is 12.0. The molecule has 1 aromatic carbocycles. The Bertz CT molecular complexity index is 493. The van der Waals surface area contributed by atoms with E-state index in [0.717, 1.165) is 62.3 Å². The van der Waals surface area contributed by atoms with Crippen molar-refractivity contribution in [1.82, 2.24) is 10.2 Å². The highest BCUT2D eigenvalue weighted by molar-refractivity contribution is 5.94. The number of hydrogen-bond acceptors (Lipinski definition) is 3. The number of benzene rings is 1. The topological polar surface area (TPSA) is 41.6 Å². The van der Waals surface area contributed by atoms with E-state index < -0.39 is 0 Å². The summed E-state index contributed by atoms with van der Waals surface area (Å²) in [4.78, 5) is 14.5. The van der Waals surface area contributed by atoms with Gasteiger partial charge in [0, 0.05) is 25.1 Å². The number of nitrogens with zero attached hydrogens (tertiary/aromatic N) is 1. The molecule has 0 aliphatic carbocycles. The molecule has 1 unspecified atom stereocenters. The van der Waals surface area contributed by atoms with Crippen LogP contribution in [0.4, 0.5) is 0 Å². The summed E-state index contributed by atoms with van der Waals surface area (Å²) >= 11 is 0. The van der Waals surface area contributed by atoms with Crippen molar-refractivity contribution in [2.24, 2.45) is 0 Å². The van der Waals surface area contributed by atoms with E-state index in [9.17, 15) is 4.79 Å². The molecule has 0 radical (unpaired) electrons. The van der Waals surface area contributed by atoms with Crippen molar-refractivity contribution in [3.8, 4) is 5.75 Å². The Balaban J connectivity index is 1.74. The second kappa shape index (κ2) is 5.83. The Hall–Kier alpha value is -1.55. The predicted octanol–water partition coefficient (Wildman–Crippen LogP) is 1.84. The number of hydrogen-bond donors (Lipinski definition) is 1. The first-order valence-electron chi connectivity index (χ1n) is 7.49. The van der Waals surface area contributed by atoms with Crippen LogP contribution in [0.1, 0.15) is 35.2 Å². The number of nitrogens with one attached hydrogen (secondary N) is 1. The Kier molecular flexibility index (Phi) is 3.92. The molecule has 2 aliphatic heterocycles. The average molecular weight is 274 g/mol. The van der Waals surface area contributed by atoms with Gasteiger partial charge in [0.1, 0.15) is 5.75 Å². The van der Waals surface area contributed by atoms with Crippen LogP contribution in [0.25, 0.3) is 0 Å². The summed E-state index contributed by atoms with van der Waals surface area (Å²) in [5, 5.41) is 3.39. The highest BCUT2D eigenvalue weighted by atomic mass is 16.5. The number of ether oxygens (including phenoxy) is 1. The van der Waals surface area contributed by atoms with Crippen molar-refractivity contribution in [3.05, 3.63) is 29.3 Å². The van der Waals surface area contributed by atoms with Crippen LogP contribution < -0.4 is 10.1 Å². The fourth-order valence-corrected chi connectivity index (χ4v) is 3.08. The molecular formula is C16H22N2O2. The smallest absolute Gasteiger partial charge is 0.253 e. The van der Waals surface area contributed by atoms with Gasteiger partial charge in [0.05, 0.1) is 6.61 Å². The molecule has 0 bridgehead atoms. The van der Waals surface area contributed by atoms with Crippen molar-refractivity contribution in [2.75, 3.05) is 26.7 Å². The molecule has 1 atom stereocenters. The summed E-state index contributed by atoms with van der Waals surface area (Å²) in [6, 6.07) is 6.16. The van der Waals surface area contributed by atoms with E-state index in [1.54, 1.807) is 0 Å². The maximum atomic E-state index is 12.6. The first kappa shape index (κ1) is 13.4. The lowest BCUT2D eigenvalue weighted by molar-refractivity contribution is 0.0720. The number of fused-ring (bicyclic) bond motifs is 1. The third kappa shape index (κ3) is 2.66. The average Bonchev–Trinajstić information content (AvgIpc) is 2.77. The van der Waals surface area contributed by atoms with E-state index in [1.165, 1.54) is 0 Å². The molecule has 2 heterocycles. The van der Waals surface area contributed by atoms with E-state index >= 15 is 0 Å². The highest BCUT2D eigenvalue weighted by Crippen LogP contribution is 2.26.